The third-order valence-electron chi connectivity index (χ3n) is 10.7. The summed E-state index contributed by atoms with van der Waals surface area (Å²) in [5, 5.41) is 0. The topological polar surface area (TPSA) is 12.5 Å². The first kappa shape index (κ1) is 27.2. The lowest BCUT2D eigenvalue weighted by Crippen LogP contribution is -2.51. The van der Waals surface area contributed by atoms with Gasteiger partial charge in [0.1, 0.15) is 0 Å². The molecule has 2 nitrogen and oxygen atoms in total. The second kappa shape index (κ2) is 11.0. The van der Waals surface area contributed by atoms with Crippen LogP contribution in [0.1, 0.15) is 91.2 Å². The van der Waals surface area contributed by atoms with Crippen molar-refractivity contribution in [2.24, 2.45) is 17.8 Å². The SMILES string of the molecule is CC(C)[Si](O[C@H]1CC[C@H]2CCC3CC3(N(Cc3ccccc3)Cc3ccccc3)C[C@H]21)(C(C)C)C(C)C. The summed E-state index contributed by atoms with van der Waals surface area (Å²) >= 11 is 0. The Hall–Kier alpha value is -1.42. The molecule has 2 aromatic carbocycles. The van der Waals surface area contributed by atoms with Crippen LogP contribution in [0, 0.1) is 17.8 Å². The monoisotopic (exact) mass is 517 g/mol. The number of rotatable bonds is 10. The number of hydrogen-bond acceptors (Lipinski definition) is 2. The Bertz CT molecular complexity index is 942. The van der Waals surface area contributed by atoms with Crippen molar-refractivity contribution in [1.82, 2.24) is 4.90 Å². The van der Waals surface area contributed by atoms with Gasteiger partial charge in [0.25, 0.3) is 0 Å². The Kier molecular flexibility index (Phi) is 8.06. The fourth-order valence-electron chi connectivity index (χ4n) is 8.89. The van der Waals surface area contributed by atoms with Crippen LogP contribution in [0.15, 0.2) is 60.7 Å². The second-order valence-electron chi connectivity index (χ2n) is 13.6. The molecule has 2 aromatic rings. The van der Waals surface area contributed by atoms with Crippen LogP contribution in [-0.2, 0) is 17.5 Å². The van der Waals surface area contributed by atoms with E-state index in [1.807, 2.05) is 0 Å². The smallest absolute Gasteiger partial charge is 0.200 e. The Balaban J connectivity index is 1.43. The first-order valence-corrected chi connectivity index (χ1v) is 17.4. The Morgan fingerprint density at radius 3 is 1.76 bits per heavy atom. The molecule has 5 atom stereocenters. The first-order chi connectivity index (χ1) is 17.8. The summed E-state index contributed by atoms with van der Waals surface area (Å²) in [7, 11) is -1.88. The van der Waals surface area contributed by atoms with Crippen molar-refractivity contribution in [1.29, 1.82) is 0 Å². The van der Waals surface area contributed by atoms with Crippen LogP contribution in [0.4, 0.5) is 0 Å². The van der Waals surface area contributed by atoms with E-state index in [-0.39, 0.29) is 0 Å². The highest BCUT2D eigenvalue weighted by atomic mass is 28.4. The predicted octanol–water partition coefficient (Wildman–Crippen LogP) is 9.22. The molecule has 0 N–H and O–H groups in total. The average Bonchev–Trinajstić information content (AvgIpc) is 3.50. The van der Waals surface area contributed by atoms with Gasteiger partial charge < -0.3 is 4.43 Å². The summed E-state index contributed by atoms with van der Waals surface area (Å²) < 4.78 is 7.56. The van der Waals surface area contributed by atoms with Gasteiger partial charge in [-0.25, -0.2) is 0 Å². The van der Waals surface area contributed by atoms with Crippen molar-refractivity contribution < 1.29 is 4.43 Å². The quantitative estimate of drug-likeness (QED) is 0.291. The normalized spacial score (nSPS) is 29.6. The predicted molar refractivity (Wildman–Crippen MR) is 159 cm³/mol. The van der Waals surface area contributed by atoms with Gasteiger partial charge in [0.15, 0.2) is 0 Å². The van der Waals surface area contributed by atoms with Gasteiger partial charge >= 0.3 is 0 Å². The van der Waals surface area contributed by atoms with Crippen molar-refractivity contribution in [2.45, 2.75) is 121 Å². The molecule has 0 saturated heterocycles. The molecule has 0 aromatic heterocycles. The van der Waals surface area contributed by atoms with Gasteiger partial charge in [0.05, 0.1) is 0 Å². The molecule has 0 aliphatic heterocycles. The summed E-state index contributed by atoms with van der Waals surface area (Å²) in [5.41, 5.74) is 5.22. The van der Waals surface area contributed by atoms with Gasteiger partial charge in [0.2, 0.25) is 8.32 Å². The lowest BCUT2D eigenvalue weighted by Gasteiger charge is -2.46. The molecule has 0 amide bonds. The van der Waals surface area contributed by atoms with Crippen molar-refractivity contribution in [3.63, 3.8) is 0 Å². The maximum atomic E-state index is 7.56. The molecule has 37 heavy (non-hydrogen) atoms. The van der Waals surface area contributed by atoms with Crippen LogP contribution in [0.25, 0.3) is 0 Å². The molecule has 3 fully saturated rings. The molecule has 3 aliphatic carbocycles. The zero-order valence-corrected chi connectivity index (χ0v) is 25.3. The third-order valence-corrected chi connectivity index (χ3v) is 16.8. The van der Waals surface area contributed by atoms with Crippen molar-refractivity contribution >= 4 is 8.32 Å². The fourth-order valence-corrected chi connectivity index (χ4v) is 14.5. The van der Waals surface area contributed by atoms with E-state index >= 15 is 0 Å². The summed E-state index contributed by atoms with van der Waals surface area (Å²) in [5.74, 6) is 2.45. The highest BCUT2D eigenvalue weighted by molar-refractivity contribution is 6.77. The molecule has 0 bridgehead atoms. The van der Waals surface area contributed by atoms with Crippen LogP contribution in [0.3, 0.4) is 0 Å². The largest absolute Gasteiger partial charge is 0.413 e. The van der Waals surface area contributed by atoms with E-state index in [4.69, 9.17) is 4.43 Å². The molecule has 3 aliphatic rings. The zero-order chi connectivity index (χ0) is 26.2. The molecular weight excluding hydrogens is 466 g/mol. The van der Waals surface area contributed by atoms with E-state index in [2.05, 4.69) is 107 Å². The van der Waals surface area contributed by atoms with Crippen molar-refractivity contribution in [2.75, 3.05) is 0 Å². The summed E-state index contributed by atoms with van der Waals surface area (Å²) in [6, 6.07) is 22.4. The Labute approximate surface area is 228 Å². The van der Waals surface area contributed by atoms with Gasteiger partial charge in [0, 0.05) is 24.7 Å². The summed E-state index contributed by atoms with van der Waals surface area (Å²) in [6.45, 7) is 16.8. The zero-order valence-electron chi connectivity index (χ0n) is 24.3. The van der Waals surface area contributed by atoms with E-state index in [1.165, 1.54) is 49.7 Å². The molecular formula is C34H51NOSi. The number of benzene rings is 2. The molecule has 0 heterocycles. The van der Waals surface area contributed by atoms with E-state index in [9.17, 15) is 0 Å². The van der Waals surface area contributed by atoms with E-state index in [1.54, 1.807) is 0 Å². The van der Waals surface area contributed by atoms with Gasteiger partial charge in [-0.1, -0.05) is 102 Å². The standard InChI is InChI=1S/C34H51NOSi/c1-25(2)37(26(3)4,27(5)6)36-33-20-18-30-17-19-31-21-34(31,22-32(30)33)35(23-28-13-9-7-10-14-28)24-29-15-11-8-12-16-29/h7-16,25-27,30-33H,17-24H2,1-6H3/t30-,31?,32-,33+,34?/m1/s1. The lowest BCUT2D eigenvalue weighted by molar-refractivity contribution is 0.0684. The minimum Gasteiger partial charge on any atom is -0.413 e. The van der Waals surface area contributed by atoms with E-state index < -0.39 is 8.32 Å². The molecule has 0 spiro atoms. The maximum absolute atomic E-state index is 7.56. The molecule has 0 radical (unpaired) electrons. The minimum atomic E-state index is -1.88. The number of hydrogen-bond donors (Lipinski definition) is 0. The molecule has 2 unspecified atom stereocenters. The van der Waals surface area contributed by atoms with Crippen LogP contribution >= 0.6 is 0 Å². The highest BCUT2D eigenvalue weighted by Gasteiger charge is 2.62. The highest BCUT2D eigenvalue weighted by Crippen LogP contribution is 2.62. The second-order valence-corrected chi connectivity index (χ2v) is 19.0. The average molecular weight is 518 g/mol. The lowest BCUT2D eigenvalue weighted by atomic mass is 9.86. The summed E-state index contributed by atoms with van der Waals surface area (Å²) in [6.07, 6.45) is 8.68. The molecule has 5 rings (SSSR count). The summed E-state index contributed by atoms with van der Waals surface area (Å²) in [4.78, 5) is 2.89. The van der Waals surface area contributed by atoms with E-state index in [0.717, 1.165) is 30.8 Å². The first-order valence-electron chi connectivity index (χ1n) is 15.3. The fraction of sp³-hybridized carbons (Fsp3) is 0.647. The van der Waals surface area contributed by atoms with Crippen LogP contribution in [0.2, 0.25) is 16.6 Å². The minimum absolute atomic E-state index is 0.342. The van der Waals surface area contributed by atoms with Crippen molar-refractivity contribution in [3.8, 4) is 0 Å². The third kappa shape index (κ3) is 5.25. The van der Waals surface area contributed by atoms with Crippen LogP contribution < -0.4 is 0 Å². The Morgan fingerprint density at radius 1 is 0.730 bits per heavy atom. The van der Waals surface area contributed by atoms with Gasteiger partial charge in [-0.15, -0.1) is 0 Å². The molecule has 3 saturated carbocycles. The number of nitrogens with zero attached hydrogens (tertiary/aromatic N) is 1. The molecule has 202 valence electrons. The van der Waals surface area contributed by atoms with Gasteiger partial charge in [-0.2, -0.15) is 0 Å². The van der Waals surface area contributed by atoms with Crippen molar-refractivity contribution in [3.05, 3.63) is 71.8 Å². The van der Waals surface area contributed by atoms with Gasteiger partial charge in [-0.05, 0) is 84.0 Å². The van der Waals surface area contributed by atoms with E-state index in [0.29, 0.717) is 28.3 Å². The van der Waals surface area contributed by atoms with Crippen LogP contribution in [-0.4, -0.2) is 24.9 Å². The maximum Gasteiger partial charge on any atom is 0.200 e. The Morgan fingerprint density at radius 2 is 1.24 bits per heavy atom. The molecule has 3 heteroatoms. The number of fused-ring (bicyclic) bond motifs is 2. The van der Waals surface area contributed by atoms with Gasteiger partial charge in [-0.3, -0.25) is 4.90 Å². The van der Waals surface area contributed by atoms with Crippen LogP contribution in [0.5, 0.6) is 0 Å².